The zero-order valence-electron chi connectivity index (χ0n) is 10.5. The molecule has 6 heteroatoms. The molecule has 2 N–H and O–H groups in total. The van der Waals surface area contributed by atoms with Crippen LogP contribution in [0.1, 0.15) is 25.7 Å². The van der Waals surface area contributed by atoms with Crippen molar-refractivity contribution in [3.63, 3.8) is 0 Å². The molecule has 2 unspecified atom stereocenters. The Bertz CT molecular complexity index is 383. The molecule has 1 aromatic rings. The summed E-state index contributed by atoms with van der Waals surface area (Å²) in [7, 11) is 1.89. The van der Waals surface area contributed by atoms with Crippen molar-refractivity contribution >= 4 is 22.4 Å². The topological polar surface area (TPSA) is 65.5 Å². The van der Waals surface area contributed by atoms with Crippen molar-refractivity contribution in [3.05, 3.63) is 11.6 Å². The number of likely N-dealkylation sites (N-methyl/N-ethyl adjacent to an activating group) is 1. The Kier molecular flexibility index (Phi) is 4.68. The number of aliphatic hydroxyl groups is 1. The number of hydrogen-bond acceptors (Lipinski definition) is 5. The molecule has 0 radical (unpaired) electrons. The second-order valence-corrected chi connectivity index (χ2v) is 5.61. The smallest absolute Gasteiger partial charge is 0.240 e. The molecule has 1 aliphatic rings. The van der Waals surface area contributed by atoms with E-state index in [1.165, 1.54) is 11.3 Å². The van der Waals surface area contributed by atoms with E-state index < -0.39 is 0 Å². The average molecular weight is 269 g/mol. The van der Waals surface area contributed by atoms with Crippen molar-refractivity contribution in [1.82, 2.24) is 9.88 Å². The molecule has 1 fully saturated rings. The number of amides is 1. The van der Waals surface area contributed by atoms with E-state index in [-0.39, 0.29) is 18.1 Å². The van der Waals surface area contributed by atoms with Gasteiger partial charge in [0.1, 0.15) is 0 Å². The van der Waals surface area contributed by atoms with Crippen LogP contribution in [0.3, 0.4) is 0 Å². The van der Waals surface area contributed by atoms with Gasteiger partial charge in [0.25, 0.3) is 0 Å². The second-order valence-electron chi connectivity index (χ2n) is 4.72. The number of hydrogen-bond donors (Lipinski definition) is 2. The third kappa shape index (κ3) is 3.51. The summed E-state index contributed by atoms with van der Waals surface area (Å²) in [5, 5.41) is 15.1. The summed E-state index contributed by atoms with van der Waals surface area (Å²) in [5.74, 6) is -0.0785. The van der Waals surface area contributed by atoms with E-state index in [1.54, 1.807) is 6.20 Å². The molecule has 0 saturated heterocycles. The highest BCUT2D eigenvalue weighted by molar-refractivity contribution is 7.13. The summed E-state index contributed by atoms with van der Waals surface area (Å²) in [6.45, 7) is 0.293. The molecule has 2 rings (SSSR count). The quantitative estimate of drug-likeness (QED) is 0.865. The fourth-order valence-electron chi connectivity index (χ4n) is 2.39. The number of anilines is 1. The minimum atomic E-state index is -0.309. The summed E-state index contributed by atoms with van der Waals surface area (Å²) in [4.78, 5) is 17.7. The number of carbonyl (C=O) groups excluding carboxylic acids is 1. The number of nitrogens with one attached hydrogen (secondary N) is 1. The van der Waals surface area contributed by atoms with Crippen LogP contribution in [-0.4, -0.2) is 46.6 Å². The summed E-state index contributed by atoms with van der Waals surface area (Å²) in [6.07, 6.45) is 5.35. The van der Waals surface area contributed by atoms with E-state index >= 15 is 0 Å². The molecule has 1 amide bonds. The van der Waals surface area contributed by atoms with Gasteiger partial charge in [-0.2, -0.15) is 0 Å². The second kappa shape index (κ2) is 6.26. The maximum Gasteiger partial charge on any atom is 0.240 e. The molecule has 2 atom stereocenters. The fourth-order valence-corrected chi connectivity index (χ4v) is 2.94. The Morgan fingerprint density at radius 3 is 3.06 bits per heavy atom. The Hall–Kier alpha value is -0.980. The number of thiazole rings is 1. The van der Waals surface area contributed by atoms with Gasteiger partial charge in [-0.05, 0) is 19.9 Å². The van der Waals surface area contributed by atoms with Crippen molar-refractivity contribution in [3.8, 4) is 0 Å². The summed E-state index contributed by atoms with van der Waals surface area (Å²) < 4.78 is 0. The number of rotatable bonds is 4. The number of carbonyl (C=O) groups is 1. The maximum atomic E-state index is 11.8. The normalized spacial score (nSPS) is 24.2. The molecular weight excluding hydrogens is 250 g/mol. The van der Waals surface area contributed by atoms with Crippen LogP contribution in [0.5, 0.6) is 0 Å². The molecule has 0 bridgehead atoms. The number of aromatic nitrogens is 1. The van der Waals surface area contributed by atoms with E-state index in [4.69, 9.17) is 0 Å². The molecule has 0 aromatic carbocycles. The number of aliphatic hydroxyl groups excluding tert-OH is 1. The van der Waals surface area contributed by atoms with Crippen LogP contribution in [0.4, 0.5) is 5.13 Å². The van der Waals surface area contributed by atoms with Crippen molar-refractivity contribution in [2.24, 2.45) is 0 Å². The fraction of sp³-hybridized carbons (Fsp3) is 0.667. The van der Waals surface area contributed by atoms with Gasteiger partial charge in [-0.1, -0.05) is 12.8 Å². The summed E-state index contributed by atoms with van der Waals surface area (Å²) in [5.41, 5.74) is 0. The Labute approximate surface area is 111 Å². The minimum absolute atomic E-state index is 0.0785. The van der Waals surface area contributed by atoms with Crippen LogP contribution < -0.4 is 5.32 Å². The Morgan fingerprint density at radius 1 is 1.61 bits per heavy atom. The van der Waals surface area contributed by atoms with Gasteiger partial charge in [-0.3, -0.25) is 9.69 Å². The summed E-state index contributed by atoms with van der Waals surface area (Å²) in [6, 6.07) is 0.0980. The molecule has 1 saturated carbocycles. The highest BCUT2D eigenvalue weighted by atomic mass is 32.1. The molecule has 100 valence electrons. The lowest BCUT2D eigenvalue weighted by atomic mass is 9.91. The SMILES string of the molecule is CN(CC(=O)Nc1nccs1)C1CCCCC1O. The van der Waals surface area contributed by atoms with E-state index in [0.29, 0.717) is 11.7 Å². The first-order chi connectivity index (χ1) is 8.66. The van der Waals surface area contributed by atoms with E-state index in [0.717, 1.165) is 25.7 Å². The molecular formula is C12H19N3O2S. The van der Waals surface area contributed by atoms with E-state index in [2.05, 4.69) is 10.3 Å². The van der Waals surface area contributed by atoms with Crippen LogP contribution >= 0.6 is 11.3 Å². The van der Waals surface area contributed by atoms with E-state index in [1.807, 2.05) is 17.3 Å². The standard InChI is InChI=1S/C12H19N3O2S/c1-15(9-4-2-3-5-10(9)16)8-11(17)14-12-13-6-7-18-12/h6-7,9-10,16H,2-5,8H2,1H3,(H,13,14,17). The van der Waals surface area contributed by atoms with Crippen molar-refractivity contribution in [2.45, 2.75) is 37.8 Å². The van der Waals surface area contributed by atoms with Gasteiger partial charge in [-0.25, -0.2) is 4.98 Å². The van der Waals surface area contributed by atoms with Gasteiger partial charge in [0.2, 0.25) is 5.91 Å². The lowest BCUT2D eigenvalue weighted by molar-refractivity contribution is -0.118. The van der Waals surface area contributed by atoms with E-state index in [9.17, 15) is 9.90 Å². The largest absolute Gasteiger partial charge is 0.391 e. The first kappa shape index (κ1) is 13.5. The van der Waals surface area contributed by atoms with Crippen molar-refractivity contribution in [1.29, 1.82) is 0 Å². The maximum absolute atomic E-state index is 11.8. The summed E-state index contributed by atoms with van der Waals surface area (Å²) >= 11 is 1.40. The molecule has 0 spiro atoms. The monoisotopic (exact) mass is 269 g/mol. The third-order valence-corrected chi connectivity index (χ3v) is 4.02. The van der Waals surface area contributed by atoms with Gasteiger partial charge in [0.05, 0.1) is 12.6 Å². The van der Waals surface area contributed by atoms with Gasteiger partial charge in [0, 0.05) is 17.6 Å². The van der Waals surface area contributed by atoms with Gasteiger partial charge < -0.3 is 10.4 Å². The molecule has 1 aromatic heterocycles. The predicted molar refractivity (Wildman–Crippen MR) is 71.6 cm³/mol. The highest BCUT2D eigenvalue weighted by Crippen LogP contribution is 2.22. The Balaban J connectivity index is 1.82. The third-order valence-electron chi connectivity index (χ3n) is 3.33. The predicted octanol–water partition coefficient (Wildman–Crippen LogP) is 1.32. The zero-order chi connectivity index (χ0) is 13.0. The first-order valence-corrected chi connectivity index (χ1v) is 7.12. The molecule has 1 aliphatic carbocycles. The van der Waals surface area contributed by atoms with Gasteiger partial charge >= 0.3 is 0 Å². The first-order valence-electron chi connectivity index (χ1n) is 6.24. The lowest BCUT2D eigenvalue weighted by Gasteiger charge is -2.34. The van der Waals surface area contributed by atoms with Gasteiger partial charge in [-0.15, -0.1) is 11.3 Å². The van der Waals surface area contributed by atoms with Crippen LogP contribution in [0, 0.1) is 0 Å². The highest BCUT2D eigenvalue weighted by Gasteiger charge is 2.27. The van der Waals surface area contributed by atoms with Crippen LogP contribution in [0.25, 0.3) is 0 Å². The number of nitrogens with zero attached hydrogens (tertiary/aromatic N) is 2. The zero-order valence-corrected chi connectivity index (χ0v) is 11.3. The van der Waals surface area contributed by atoms with Crippen LogP contribution in [-0.2, 0) is 4.79 Å². The van der Waals surface area contributed by atoms with Gasteiger partial charge in [0.15, 0.2) is 5.13 Å². The molecule has 18 heavy (non-hydrogen) atoms. The lowest BCUT2D eigenvalue weighted by Crippen LogP contribution is -2.46. The molecule has 0 aliphatic heterocycles. The minimum Gasteiger partial charge on any atom is -0.391 e. The Morgan fingerprint density at radius 2 is 2.39 bits per heavy atom. The molecule has 1 heterocycles. The van der Waals surface area contributed by atoms with Crippen LogP contribution in [0.2, 0.25) is 0 Å². The molecule has 5 nitrogen and oxygen atoms in total. The average Bonchev–Trinajstić information content (AvgIpc) is 2.82. The van der Waals surface area contributed by atoms with Crippen LogP contribution in [0.15, 0.2) is 11.6 Å². The van der Waals surface area contributed by atoms with Crippen molar-refractivity contribution in [2.75, 3.05) is 18.9 Å². The van der Waals surface area contributed by atoms with Crippen molar-refractivity contribution < 1.29 is 9.90 Å².